The van der Waals surface area contributed by atoms with E-state index in [-0.39, 0.29) is 0 Å². The topological polar surface area (TPSA) is 82.0 Å². The third-order valence-corrected chi connectivity index (χ3v) is 2.70. The van der Waals surface area contributed by atoms with Crippen molar-refractivity contribution < 1.29 is 20.2 Å². The number of carbonyl (C=O) groups is 1. The molecule has 0 rings (SSSR count). The molecule has 4 nitrogen and oxygen atoms in total. The zero-order valence-electron chi connectivity index (χ0n) is 6.91. The minimum Gasteiger partial charge on any atom is -0.477 e. The molecule has 0 aliphatic carbocycles. The molecule has 0 saturated carbocycles. The molecule has 4 N–H and O–H groups in total. The van der Waals surface area contributed by atoms with Gasteiger partial charge >= 0.3 is 5.97 Å². The van der Waals surface area contributed by atoms with Gasteiger partial charge in [-0.2, -0.15) is 0 Å². The van der Waals surface area contributed by atoms with Crippen LogP contribution >= 0.6 is 7.14 Å². The van der Waals surface area contributed by atoms with Crippen LogP contribution < -0.4 is 5.73 Å². The lowest BCUT2D eigenvalue weighted by atomic mass is 10.2. The van der Waals surface area contributed by atoms with Crippen molar-refractivity contribution in [1.82, 2.24) is 0 Å². The van der Waals surface area contributed by atoms with Crippen LogP contribution in [0, 0.1) is 0 Å². The highest BCUT2D eigenvalue weighted by atomic mass is 31.2. The maximum atomic E-state index is 11.1. The number of hydrogen-bond acceptors (Lipinski definition) is 2. The SMILES string of the molecule is CP(C)(=O)CCC([NH3+])C(=O)O. The molecule has 0 heterocycles. The molecule has 0 aromatic rings. The van der Waals surface area contributed by atoms with Crippen molar-refractivity contribution in [3.8, 4) is 0 Å². The number of aliphatic carboxylic acids is 1. The van der Waals surface area contributed by atoms with E-state index in [0.29, 0.717) is 12.6 Å². The molecule has 0 radical (unpaired) electrons. The first-order chi connectivity index (χ1) is 4.83. The summed E-state index contributed by atoms with van der Waals surface area (Å²) in [6, 6.07) is -0.622. The van der Waals surface area contributed by atoms with Gasteiger partial charge in [0.05, 0.1) is 7.14 Å². The van der Waals surface area contributed by atoms with Gasteiger partial charge in [0.25, 0.3) is 0 Å². The second kappa shape index (κ2) is 3.88. The Morgan fingerprint density at radius 1 is 1.64 bits per heavy atom. The lowest BCUT2D eigenvalue weighted by Crippen LogP contribution is -2.65. The van der Waals surface area contributed by atoms with Crippen LogP contribution in [0.4, 0.5) is 0 Å². The molecule has 0 aliphatic rings. The molecule has 1 atom stereocenters. The highest BCUT2D eigenvalue weighted by Crippen LogP contribution is 2.36. The molecule has 1 unspecified atom stereocenters. The summed E-state index contributed by atoms with van der Waals surface area (Å²) in [4.78, 5) is 10.3. The fraction of sp³-hybridized carbons (Fsp3) is 0.833. The lowest BCUT2D eigenvalue weighted by Gasteiger charge is -2.06. The summed E-state index contributed by atoms with van der Waals surface area (Å²) in [5.74, 6) is -0.918. The number of rotatable bonds is 4. The van der Waals surface area contributed by atoms with Gasteiger partial charge in [-0.25, -0.2) is 4.79 Å². The van der Waals surface area contributed by atoms with Crippen molar-refractivity contribution in [3.05, 3.63) is 0 Å². The van der Waals surface area contributed by atoms with Gasteiger partial charge in [0.15, 0.2) is 6.04 Å². The molecule has 0 spiro atoms. The lowest BCUT2D eigenvalue weighted by molar-refractivity contribution is -0.407. The summed E-state index contributed by atoms with van der Waals surface area (Å²) >= 11 is 0. The Balaban J connectivity index is 3.72. The number of hydrogen-bond donors (Lipinski definition) is 2. The van der Waals surface area contributed by atoms with Gasteiger partial charge in [-0.15, -0.1) is 0 Å². The van der Waals surface area contributed by atoms with E-state index in [2.05, 4.69) is 5.73 Å². The first-order valence-corrected chi connectivity index (χ1v) is 6.21. The zero-order chi connectivity index (χ0) is 9.07. The van der Waals surface area contributed by atoms with Gasteiger partial charge in [0.2, 0.25) is 0 Å². The quantitative estimate of drug-likeness (QED) is 0.582. The second-order valence-electron chi connectivity index (χ2n) is 3.12. The normalized spacial score (nSPS) is 14.5. The molecular weight excluding hydrogens is 165 g/mol. The van der Waals surface area contributed by atoms with E-state index in [1.165, 1.54) is 0 Å². The largest absolute Gasteiger partial charge is 0.477 e. The maximum absolute atomic E-state index is 11.1. The highest BCUT2D eigenvalue weighted by Gasteiger charge is 2.18. The fourth-order valence-corrected chi connectivity index (χ4v) is 1.52. The summed E-state index contributed by atoms with van der Waals surface area (Å²) in [7, 11) is -2.06. The van der Waals surface area contributed by atoms with E-state index in [1.807, 2.05) is 0 Å². The average molecular weight is 180 g/mol. The van der Waals surface area contributed by atoms with E-state index in [9.17, 15) is 9.36 Å². The second-order valence-corrected chi connectivity index (χ2v) is 6.72. The Bertz CT molecular complexity index is 186. The molecule has 0 aromatic heterocycles. The van der Waals surface area contributed by atoms with Gasteiger partial charge in [0, 0.05) is 12.6 Å². The minimum absolute atomic E-state index is 0.402. The predicted molar refractivity (Wildman–Crippen MR) is 43.3 cm³/mol. The molecular formula is C6H15NO3P+. The number of quaternary nitrogens is 1. The van der Waals surface area contributed by atoms with Crippen LogP contribution in [-0.4, -0.2) is 36.6 Å². The smallest absolute Gasteiger partial charge is 0.362 e. The van der Waals surface area contributed by atoms with E-state index < -0.39 is 19.2 Å². The molecule has 0 fully saturated rings. The van der Waals surface area contributed by atoms with Gasteiger partial charge in [0.1, 0.15) is 0 Å². The van der Waals surface area contributed by atoms with Crippen LogP contribution in [0.2, 0.25) is 0 Å². The Kier molecular flexibility index (Phi) is 3.76. The van der Waals surface area contributed by atoms with Crippen LogP contribution in [0.5, 0.6) is 0 Å². The fourth-order valence-electron chi connectivity index (χ4n) is 0.590. The van der Waals surface area contributed by atoms with Crippen molar-refractivity contribution in [3.63, 3.8) is 0 Å². The van der Waals surface area contributed by atoms with Crippen molar-refractivity contribution in [2.24, 2.45) is 0 Å². The van der Waals surface area contributed by atoms with Crippen LogP contribution in [-0.2, 0) is 9.36 Å². The van der Waals surface area contributed by atoms with Crippen LogP contribution in [0.3, 0.4) is 0 Å². The van der Waals surface area contributed by atoms with Crippen molar-refractivity contribution >= 4 is 13.1 Å². The first-order valence-electron chi connectivity index (χ1n) is 3.43. The maximum Gasteiger partial charge on any atom is 0.362 e. The van der Waals surface area contributed by atoms with Crippen LogP contribution in [0.1, 0.15) is 6.42 Å². The Morgan fingerprint density at radius 2 is 2.09 bits per heavy atom. The van der Waals surface area contributed by atoms with E-state index in [0.717, 1.165) is 0 Å². The Hall–Kier alpha value is -0.340. The van der Waals surface area contributed by atoms with Crippen LogP contribution in [0.25, 0.3) is 0 Å². The summed E-state index contributed by atoms with van der Waals surface area (Å²) in [5.41, 5.74) is 3.42. The van der Waals surface area contributed by atoms with Gasteiger partial charge in [-0.1, -0.05) is 0 Å². The highest BCUT2D eigenvalue weighted by molar-refractivity contribution is 7.62. The summed E-state index contributed by atoms with van der Waals surface area (Å²) in [5, 5.41) is 8.43. The van der Waals surface area contributed by atoms with Crippen LogP contribution in [0.15, 0.2) is 0 Å². The summed E-state index contributed by atoms with van der Waals surface area (Å²) in [6.07, 6.45) is 0.868. The molecule has 0 aliphatic heterocycles. The monoisotopic (exact) mass is 180 g/mol. The third-order valence-electron chi connectivity index (χ3n) is 1.37. The molecule has 5 heteroatoms. The summed E-state index contributed by atoms with van der Waals surface area (Å²) in [6.45, 7) is 3.31. The molecule has 0 saturated heterocycles. The number of carboxylic acid groups (broad SMARTS) is 1. The zero-order valence-corrected chi connectivity index (χ0v) is 7.80. The van der Waals surface area contributed by atoms with Crippen molar-refractivity contribution in [1.29, 1.82) is 0 Å². The molecule has 0 amide bonds. The minimum atomic E-state index is -2.06. The standard InChI is InChI=1S/C6H14NO3P/c1-11(2,10)4-3-5(7)6(8)9/h5H,3-4,7H2,1-2H3,(H,8,9)/p+1. The molecule has 66 valence electrons. The predicted octanol–water partition coefficient (Wildman–Crippen LogP) is -0.306. The third kappa shape index (κ3) is 6.07. The molecule has 11 heavy (non-hydrogen) atoms. The van der Waals surface area contributed by atoms with E-state index in [1.54, 1.807) is 13.3 Å². The summed E-state index contributed by atoms with van der Waals surface area (Å²) < 4.78 is 11.1. The van der Waals surface area contributed by atoms with E-state index >= 15 is 0 Å². The average Bonchev–Trinajstić information content (AvgIpc) is 1.80. The van der Waals surface area contributed by atoms with E-state index in [4.69, 9.17) is 5.11 Å². The Labute approximate surface area is 66.1 Å². The molecule has 0 bridgehead atoms. The van der Waals surface area contributed by atoms with Gasteiger partial charge in [-0.05, 0) is 13.3 Å². The van der Waals surface area contributed by atoms with Crippen molar-refractivity contribution in [2.75, 3.05) is 19.5 Å². The Morgan fingerprint density at radius 3 is 2.36 bits per heavy atom. The van der Waals surface area contributed by atoms with Gasteiger partial charge < -0.3 is 15.4 Å². The van der Waals surface area contributed by atoms with Crippen molar-refractivity contribution in [2.45, 2.75) is 12.5 Å². The first kappa shape index (κ1) is 10.7. The van der Waals surface area contributed by atoms with Gasteiger partial charge in [-0.3, -0.25) is 0 Å². The number of carboxylic acids is 1. The molecule has 0 aromatic carbocycles.